The highest BCUT2D eigenvalue weighted by atomic mass is 32.2. The summed E-state index contributed by atoms with van der Waals surface area (Å²) in [6.45, 7) is 6.53. The molecule has 2 aromatic carbocycles. The molecule has 0 fully saturated rings. The van der Waals surface area contributed by atoms with Gasteiger partial charge in [0.05, 0.1) is 4.90 Å². The molecule has 2 amide bonds. The highest BCUT2D eigenvalue weighted by Gasteiger charge is 2.29. The number of para-hydroxylation sites is 1. The molecule has 0 aliphatic rings. The Labute approximate surface area is 181 Å². The van der Waals surface area contributed by atoms with Crippen molar-refractivity contribution in [1.29, 1.82) is 0 Å². The number of nitrogens with one attached hydrogen (secondary N) is 3. The van der Waals surface area contributed by atoms with Gasteiger partial charge in [-0.1, -0.05) is 43.7 Å². The van der Waals surface area contributed by atoms with E-state index in [1.54, 1.807) is 32.0 Å². The summed E-state index contributed by atoms with van der Waals surface area (Å²) < 4.78 is 46.5. The Hall–Kier alpha value is -2.98. The van der Waals surface area contributed by atoms with Crippen LogP contribution in [0.25, 0.3) is 0 Å². The number of hydrogen-bond acceptors (Lipinski definition) is 5. The first kappa shape index (κ1) is 24.3. The molecule has 2 rings (SSSR count). The van der Waals surface area contributed by atoms with E-state index < -0.39 is 45.7 Å². The molecule has 8 nitrogen and oxygen atoms in total. The van der Waals surface area contributed by atoms with Gasteiger partial charge in [-0.15, -0.1) is 0 Å². The first-order valence-corrected chi connectivity index (χ1v) is 11.1. The molecule has 3 N–H and O–H groups in total. The van der Waals surface area contributed by atoms with Crippen LogP contribution in [-0.2, 0) is 19.6 Å². The van der Waals surface area contributed by atoms with Crippen LogP contribution in [0.3, 0.4) is 0 Å². The molecule has 0 bridgehead atoms. The predicted molar refractivity (Wildman–Crippen MR) is 113 cm³/mol. The van der Waals surface area contributed by atoms with Crippen molar-refractivity contribution in [2.24, 2.45) is 5.92 Å². The SMILES string of the molecule is Cc1ccc(S(=O)(=O)N[C@H](C(=O)NNC(=O)C(C)Oc2ccccc2F)C(C)C)cc1. The summed E-state index contributed by atoms with van der Waals surface area (Å²) in [4.78, 5) is 24.7. The monoisotopic (exact) mass is 451 g/mol. The molecule has 2 aromatic rings. The number of amides is 2. The zero-order valence-electron chi connectivity index (χ0n) is 17.7. The minimum atomic E-state index is -3.96. The molecule has 0 heterocycles. The molecule has 0 saturated heterocycles. The van der Waals surface area contributed by atoms with E-state index in [0.29, 0.717) is 0 Å². The van der Waals surface area contributed by atoms with Gasteiger partial charge in [0.2, 0.25) is 10.0 Å². The van der Waals surface area contributed by atoms with Crippen LogP contribution >= 0.6 is 0 Å². The number of benzene rings is 2. The highest BCUT2D eigenvalue weighted by Crippen LogP contribution is 2.17. The summed E-state index contributed by atoms with van der Waals surface area (Å²) in [7, 11) is -3.96. The van der Waals surface area contributed by atoms with E-state index in [2.05, 4.69) is 15.6 Å². The minimum absolute atomic E-state index is 0.0208. The molecule has 1 unspecified atom stereocenters. The van der Waals surface area contributed by atoms with Crippen molar-refractivity contribution in [2.75, 3.05) is 0 Å². The molecule has 0 saturated carbocycles. The number of hydrogen-bond donors (Lipinski definition) is 3. The maximum atomic E-state index is 13.7. The van der Waals surface area contributed by atoms with E-state index >= 15 is 0 Å². The summed E-state index contributed by atoms with van der Waals surface area (Å²) in [5.74, 6) is -2.64. The van der Waals surface area contributed by atoms with Gasteiger partial charge in [-0.2, -0.15) is 4.72 Å². The van der Waals surface area contributed by atoms with Crippen molar-refractivity contribution in [2.45, 2.75) is 44.7 Å². The normalized spacial score (nSPS) is 13.4. The van der Waals surface area contributed by atoms with Gasteiger partial charge in [0, 0.05) is 0 Å². The number of carbonyl (C=O) groups excluding carboxylic acids is 2. The van der Waals surface area contributed by atoms with E-state index in [-0.39, 0.29) is 10.6 Å². The molecule has 31 heavy (non-hydrogen) atoms. The number of rotatable bonds is 8. The molecular formula is C21H26FN3O5S. The van der Waals surface area contributed by atoms with Crippen LogP contribution in [0.5, 0.6) is 5.75 Å². The molecule has 0 spiro atoms. The molecule has 0 aromatic heterocycles. The summed E-state index contributed by atoms with van der Waals surface area (Å²) in [6, 6.07) is 10.6. The van der Waals surface area contributed by atoms with Gasteiger partial charge in [-0.3, -0.25) is 20.4 Å². The van der Waals surface area contributed by atoms with Crippen LogP contribution in [0.2, 0.25) is 0 Å². The highest BCUT2D eigenvalue weighted by molar-refractivity contribution is 7.89. The Morgan fingerprint density at radius 3 is 2.10 bits per heavy atom. The van der Waals surface area contributed by atoms with Crippen molar-refractivity contribution in [3.05, 3.63) is 59.9 Å². The summed E-state index contributed by atoms with van der Waals surface area (Å²) in [5, 5.41) is 0. The van der Waals surface area contributed by atoms with Crippen LogP contribution in [0.1, 0.15) is 26.3 Å². The third kappa shape index (κ3) is 6.76. The lowest BCUT2D eigenvalue weighted by Gasteiger charge is -2.22. The van der Waals surface area contributed by atoms with E-state index in [9.17, 15) is 22.4 Å². The number of carbonyl (C=O) groups is 2. The molecule has 0 aliphatic carbocycles. The Morgan fingerprint density at radius 1 is 0.935 bits per heavy atom. The summed E-state index contributed by atoms with van der Waals surface area (Å²) in [5.41, 5.74) is 5.25. The topological polar surface area (TPSA) is 114 Å². The second kappa shape index (κ2) is 10.4. The lowest BCUT2D eigenvalue weighted by Crippen LogP contribution is -2.55. The van der Waals surface area contributed by atoms with E-state index in [1.807, 2.05) is 6.92 Å². The lowest BCUT2D eigenvalue weighted by atomic mass is 10.1. The number of halogens is 1. The fraction of sp³-hybridized carbons (Fsp3) is 0.333. The number of hydrazine groups is 1. The second-order valence-corrected chi connectivity index (χ2v) is 9.04. The Morgan fingerprint density at radius 2 is 1.52 bits per heavy atom. The molecule has 2 atom stereocenters. The van der Waals surface area contributed by atoms with Crippen LogP contribution in [0, 0.1) is 18.7 Å². The molecule has 0 radical (unpaired) electrons. The van der Waals surface area contributed by atoms with Crippen LogP contribution in [0.4, 0.5) is 4.39 Å². The lowest BCUT2D eigenvalue weighted by molar-refractivity contribution is -0.133. The minimum Gasteiger partial charge on any atom is -0.478 e. The quantitative estimate of drug-likeness (QED) is 0.532. The average molecular weight is 452 g/mol. The van der Waals surface area contributed by atoms with E-state index in [0.717, 1.165) is 5.56 Å². The first-order chi connectivity index (χ1) is 14.5. The largest absolute Gasteiger partial charge is 0.478 e. The second-order valence-electron chi connectivity index (χ2n) is 7.33. The maximum Gasteiger partial charge on any atom is 0.279 e. The smallest absolute Gasteiger partial charge is 0.279 e. The van der Waals surface area contributed by atoms with Crippen molar-refractivity contribution in [3.63, 3.8) is 0 Å². The average Bonchev–Trinajstić information content (AvgIpc) is 2.71. The van der Waals surface area contributed by atoms with Crippen molar-refractivity contribution in [1.82, 2.24) is 15.6 Å². The zero-order chi connectivity index (χ0) is 23.2. The van der Waals surface area contributed by atoms with E-state index in [4.69, 9.17) is 4.74 Å². The van der Waals surface area contributed by atoms with Crippen molar-refractivity contribution in [3.8, 4) is 5.75 Å². The fourth-order valence-corrected chi connectivity index (χ4v) is 3.88. The number of aryl methyl sites for hydroxylation is 1. The Balaban J connectivity index is 1.99. The Kier molecular flexibility index (Phi) is 8.12. The van der Waals surface area contributed by atoms with Gasteiger partial charge in [0.25, 0.3) is 11.8 Å². The molecule has 10 heteroatoms. The third-order valence-corrected chi connectivity index (χ3v) is 5.84. The van der Waals surface area contributed by atoms with Crippen LogP contribution < -0.4 is 20.3 Å². The van der Waals surface area contributed by atoms with Gasteiger partial charge < -0.3 is 4.74 Å². The molecule has 168 valence electrons. The maximum absolute atomic E-state index is 13.7. The fourth-order valence-electron chi connectivity index (χ4n) is 2.53. The summed E-state index contributed by atoms with van der Waals surface area (Å²) >= 11 is 0. The van der Waals surface area contributed by atoms with E-state index in [1.165, 1.54) is 37.3 Å². The van der Waals surface area contributed by atoms with Crippen molar-refractivity contribution < 1.29 is 27.1 Å². The standard InChI is InChI=1S/C21H26FN3O5S/c1-13(2)19(25-31(28,29)16-11-9-14(3)10-12-16)21(27)24-23-20(26)15(4)30-18-8-6-5-7-17(18)22/h5-13,15,19,25H,1-4H3,(H,23,26)(H,24,27)/t15?,19-/m0/s1. The third-order valence-electron chi connectivity index (χ3n) is 4.38. The molecular weight excluding hydrogens is 425 g/mol. The van der Waals surface area contributed by atoms with Gasteiger partial charge >= 0.3 is 0 Å². The Bertz CT molecular complexity index is 1030. The van der Waals surface area contributed by atoms with Gasteiger partial charge in [0.1, 0.15) is 6.04 Å². The van der Waals surface area contributed by atoms with Crippen LogP contribution in [0.15, 0.2) is 53.4 Å². The van der Waals surface area contributed by atoms with Gasteiger partial charge in [-0.25, -0.2) is 12.8 Å². The van der Waals surface area contributed by atoms with Crippen LogP contribution in [-0.4, -0.2) is 32.4 Å². The van der Waals surface area contributed by atoms with Gasteiger partial charge in [-0.05, 0) is 44.0 Å². The number of ether oxygens (including phenoxy) is 1. The number of sulfonamides is 1. The van der Waals surface area contributed by atoms with Gasteiger partial charge in [0.15, 0.2) is 17.7 Å². The zero-order valence-corrected chi connectivity index (χ0v) is 18.5. The summed E-state index contributed by atoms with van der Waals surface area (Å²) in [6.07, 6.45) is -1.11. The van der Waals surface area contributed by atoms with Crippen molar-refractivity contribution >= 4 is 21.8 Å². The molecule has 0 aliphatic heterocycles. The predicted octanol–water partition coefficient (Wildman–Crippen LogP) is 2.05. The first-order valence-electron chi connectivity index (χ1n) is 9.61.